The number of aromatic nitrogens is 2. The van der Waals surface area contributed by atoms with E-state index in [1.54, 1.807) is 12.4 Å². The van der Waals surface area contributed by atoms with Crippen LogP contribution in [0.5, 0.6) is 0 Å². The van der Waals surface area contributed by atoms with Crippen molar-refractivity contribution in [3.8, 4) is 0 Å². The molecule has 0 aromatic carbocycles. The number of imidazole rings is 1. The van der Waals surface area contributed by atoms with Gasteiger partial charge >= 0.3 is 0 Å². The van der Waals surface area contributed by atoms with Crippen LogP contribution in [-0.4, -0.2) is 36.7 Å². The summed E-state index contributed by atoms with van der Waals surface area (Å²) in [5.41, 5.74) is 0. The van der Waals surface area contributed by atoms with E-state index >= 15 is 0 Å². The average molecular weight is 272 g/mol. The first-order valence-corrected chi connectivity index (χ1v) is 8.00. The molecule has 1 saturated heterocycles. The lowest BCUT2D eigenvalue weighted by atomic mass is 10.0. The van der Waals surface area contributed by atoms with Gasteiger partial charge in [-0.1, -0.05) is 6.42 Å². The van der Waals surface area contributed by atoms with Crippen LogP contribution in [0.15, 0.2) is 12.4 Å². The van der Waals surface area contributed by atoms with Crippen LogP contribution in [0.1, 0.15) is 31.5 Å². The Balaban J connectivity index is 1.73. The molecule has 18 heavy (non-hydrogen) atoms. The molecule has 0 radical (unpaired) electrons. The van der Waals surface area contributed by atoms with Crippen molar-refractivity contribution >= 4 is 10.0 Å². The fourth-order valence-corrected chi connectivity index (χ4v) is 3.21. The molecule has 1 aromatic rings. The summed E-state index contributed by atoms with van der Waals surface area (Å²) in [5.74, 6) is 0.806. The third kappa shape index (κ3) is 4.40. The Morgan fingerprint density at radius 3 is 3.00 bits per heavy atom. The Hall–Kier alpha value is -0.920. The molecule has 1 aromatic heterocycles. The Kier molecular flexibility index (Phi) is 4.73. The Bertz CT molecular complexity index is 438. The lowest BCUT2D eigenvalue weighted by molar-refractivity contribution is 0.392. The Morgan fingerprint density at radius 1 is 1.44 bits per heavy atom. The van der Waals surface area contributed by atoms with Gasteiger partial charge in [-0.25, -0.2) is 18.1 Å². The maximum absolute atomic E-state index is 11.8. The first-order valence-electron chi connectivity index (χ1n) is 6.35. The maximum atomic E-state index is 11.8. The lowest BCUT2D eigenvalue weighted by Crippen LogP contribution is -2.37. The molecule has 1 unspecified atom stereocenters. The van der Waals surface area contributed by atoms with Crippen LogP contribution in [0, 0.1) is 0 Å². The highest BCUT2D eigenvalue weighted by Gasteiger charge is 2.17. The highest BCUT2D eigenvalue weighted by molar-refractivity contribution is 7.89. The summed E-state index contributed by atoms with van der Waals surface area (Å²) in [6.45, 7) is 1.23. The Morgan fingerprint density at radius 2 is 2.33 bits per heavy atom. The van der Waals surface area contributed by atoms with E-state index in [0.29, 0.717) is 18.3 Å². The third-order valence-corrected chi connectivity index (χ3v) is 4.52. The molecule has 0 amide bonds. The van der Waals surface area contributed by atoms with Gasteiger partial charge in [-0.15, -0.1) is 0 Å². The van der Waals surface area contributed by atoms with Gasteiger partial charge in [0.1, 0.15) is 5.82 Å². The number of nitrogens with zero attached hydrogens (tertiary/aromatic N) is 1. The first kappa shape index (κ1) is 13.5. The largest absolute Gasteiger partial charge is 0.347 e. The van der Waals surface area contributed by atoms with Crippen molar-refractivity contribution in [2.45, 2.75) is 38.3 Å². The molecule has 1 aliphatic rings. The standard InChI is InChI=1S/C11H20N4O2S/c16-18(17,15-9-11-13-6-7-14-11)8-4-10-3-1-2-5-12-10/h6-7,10,12,15H,1-5,8-9H2,(H,13,14). The van der Waals surface area contributed by atoms with Crippen LogP contribution >= 0.6 is 0 Å². The van der Waals surface area contributed by atoms with E-state index in [9.17, 15) is 8.42 Å². The summed E-state index contributed by atoms with van der Waals surface area (Å²) in [6, 6.07) is 0.346. The summed E-state index contributed by atoms with van der Waals surface area (Å²) < 4.78 is 26.1. The third-order valence-electron chi connectivity index (χ3n) is 3.16. The van der Waals surface area contributed by atoms with Crippen molar-refractivity contribution in [3.05, 3.63) is 18.2 Å². The van der Waals surface area contributed by atoms with Gasteiger partial charge in [0, 0.05) is 18.4 Å². The zero-order chi connectivity index (χ0) is 12.8. The second-order valence-electron chi connectivity index (χ2n) is 4.61. The van der Waals surface area contributed by atoms with Gasteiger partial charge in [-0.3, -0.25) is 0 Å². The fraction of sp³-hybridized carbons (Fsp3) is 0.727. The van der Waals surface area contributed by atoms with Crippen molar-refractivity contribution in [2.24, 2.45) is 0 Å². The molecule has 0 saturated carbocycles. The zero-order valence-corrected chi connectivity index (χ0v) is 11.2. The molecule has 2 rings (SSSR count). The van der Waals surface area contributed by atoms with E-state index in [2.05, 4.69) is 20.0 Å². The normalized spacial score (nSPS) is 21.0. The van der Waals surface area contributed by atoms with E-state index in [4.69, 9.17) is 0 Å². The van der Waals surface area contributed by atoms with Crippen molar-refractivity contribution in [1.82, 2.24) is 20.0 Å². The van der Waals surface area contributed by atoms with Gasteiger partial charge in [-0.2, -0.15) is 0 Å². The van der Waals surface area contributed by atoms with Gasteiger partial charge < -0.3 is 10.3 Å². The number of aromatic amines is 1. The van der Waals surface area contributed by atoms with Crippen LogP contribution < -0.4 is 10.0 Å². The van der Waals surface area contributed by atoms with Crippen LogP contribution in [0.4, 0.5) is 0 Å². The molecule has 1 fully saturated rings. The van der Waals surface area contributed by atoms with Crippen LogP contribution in [0.3, 0.4) is 0 Å². The van der Waals surface area contributed by atoms with Crippen LogP contribution in [0.25, 0.3) is 0 Å². The second kappa shape index (κ2) is 6.31. The second-order valence-corrected chi connectivity index (χ2v) is 6.54. The highest BCUT2D eigenvalue weighted by Crippen LogP contribution is 2.10. The number of H-pyrrole nitrogens is 1. The summed E-state index contributed by atoms with van der Waals surface area (Å²) in [4.78, 5) is 6.84. The van der Waals surface area contributed by atoms with Gasteiger partial charge in [0.05, 0.1) is 12.3 Å². The lowest BCUT2D eigenvalue weighted by Gasteiger charge is -2.23. The molecule has 0 aliphatic carbocycles. The SMILES string of the molecule is O=S(=O)(CCC1CCCCN1)NCc1ncc[nH]1. The average Bonchev–Trinajstić information content (AvgIpc) is 2.89. The van der Waals surface area contributed by atoms with Gasteiger partial charge in [0.15, 0.2) is 0 Å². The molecule has 7 heteroatoms. The number of hydrogen-bond donors (Lipinski definition) is 3. The van der Waals surface area contributed by atoms with Crippen LogP contribution in [-0.2, 0) is 16.6 Å². The summed E-state index contributed by atoms with van der Waals surface area (Å²) in [5, 5.41) is 3.35. The molecular weight excluding hydrogens is 252 g/mol. The Labute approximate surface area is 108 Å². The van der Waals surface area contributed by atoms with E-state index in [1.165, 1.54) is 12.8 Å². The number of sulfonamides is 1. The number of nitrogens with one attached hydrogen (secondary N) is 3. The monoisotopic (exact) mass is 272 g/mol. The minimum Gasteiger partial charge on any atom is -0.347 e. The molecule has 6 nitrogen and oxygen atoms in total. The molecule has 0 spiro atoms. The summed E-state index contributed by atoms with van der Waals surface area (Å²) >= 11 is 0. The van der Waals surface area contributed by atoms with E-state index in [-0.39, 0.29) is 12.3 Å². The summed E-state index contributed by atoms with van der Waals surface area (Å²) in [7, 11) is -3.21. The predicted molar refractivity (Wildman–Crippen MR) is 69.5 cm³/mol. The quantitative estimate of drug-likeness (QED) is 0.698. The molecule has 102 valence electrons. The van der Waals surface area contributed by atoms with Gasteiger partial charge in [-0.05, 0) is 25.8 Å². The zero-order valence-electron chi connectivity index (χ0n) is 10.4. The first-order chi connectivity index (χ1) is 8.66. The predicted octanol–water partition coefficient (Wildman–Crippen LogP) is 0.361. The van der Waals surface area contributed by atoms with Crippen molar-refractivity contribution in [3.63, 3.8) is 0 Å². The van der Waals surface area contributed by atoms with Crippen LogP contribution in [0.2, 0.25) is 0 Å². The molecule has 1 aliphatic heterocycles. The number of rotatable bonds is 6. The minimum absolute atomic E-state index is 0.172. The molecule has 2 heterocycles. The molecule has 1 atom stereocenters. The van der Waals surface area contributed by atoms with Crippen molar-refractivity contribution in [2.75, 3.05) is 12.3 Å². The maximum Gasteiger partial charge on any atom is 0.212 e. The van der Waals surface area contributed by atoms with E-state index < -0.39 is 10.0 Å². The van der Waals surface area contributed by atoms with E-state index in [1.807, 2.05) is 0 Å². The van der Waals surface area contributed by atoms with Gasteiger partial charge in [0.2, 0.25) is 10.0 Å². The van der Waals surface area contributed by atoms with Gasteiger partial charge in [0.25, 0.3) is 0 Å². The van der Waals surface area contributed by atoms with E-state index in [0.717, 1.165) is 13.0 Å². The molecule has 3 N–H and O–H groups in total. The smallest absolute Gasteiger partial charge is 0.212 e. The summed E-state index contributed by atoms with van der Waals surface area (Å²) in [6.07, 6.45) is 7.42. The van der Waals surface area contributed by atoms with Crippen molar-refractivity contribution < 1.29 is 8.42 Å². The highest BCUT2D eigenvalue weighted by atomic mass is 32.2. The number of hydrogen-bond acceptors (Lipinski definition) is 4. The van der Waals surface area contributed by atoms with Crippen molar-refractivity contribution in [1.29, 1.82) is 0 Å². The molecule has 0 bridgehead atoms. The molecular formula is C11H20N4O2S. The minimum atomic E-state index is -3.21. The number of piperidine rings is 1. The topological polar surface area (TPSA) is 86.9 Å². The fourth-order valence-electron chi connectivity index (χ4n) is 2.11.